The molecule has 0 bridgehead atoms. The molecule has 1 aliphatic rings. The summed E-state index contributed by atoms with van der Waals surface area (Å²) in [5.74, 6) is 0.157. The number of halogens is 2. The van der Waals surface area contributed by atoms with Crippen LogP contribution in [0.25, 0.3) is 10.8 Å². The van der Waals surface area contributed by atoms with Crippen molar-refractivity contribution in [2.75, 3.05) is 5.32 Å². The number of carbonyl (C=O) groups is 2. The van der Waals surface area contributed by atoms with Crippen LogP contribution in [0.1, 0.15) is 50.6 Å². The lowest BCUT2D eigenvalue weighted by atomic mass is 9.93. The Bertz CT molecular complexity index is 1500. The van der Waals surface area contributed by atoms with Gasteiger partial charge in [-0.25, -0.2) is 5.43 Å². The molecule has 0 radical (unpaired) electrons. The smallest absolute Gasteiger partial charge is 0.291 e. The highest BCUT2D eigenvalue weighted by atomic mass is 35.5. The second-order valence-corrected chi connectivity index (χ2v) is 9.16. The second kappa shape index (κ2) is 9.56. The van der Waals surface area contributed by atoms with Crippen molar-refractivity contribution in [2.45, 2.75) is 26.2 Å². The first-order chi connectivity index (χ1) is 16.9. The summed E-state index contributed by atoms with van der Waals surface area (Å²) in [7, 11) is 0. The van der Waals surface area contributed by atoms with Gasteiger partial charge in [-0.2, -0.15) is 5.10 Å². The standard InChI is InChI=1S/C27H21Cl2N3O3/c1-15-24-22(31-32-26(33)19-13-12-17(28)14-20(19)29)10-5-11-23(24)35-25(15)27(34)30-21-9-4-7-16-6-2-3-8-18(16)21/h2-4,6-9,12-14H,5,10-11H2,1H3,(H,30,34)(H,32,33)/b31-22+. The molecule has 0 saturated carbocycles. The maximum Gasteiger partial charge on any atom is 0.291 e. The third kappa shape index (κ3) is 4.55. The molecule has 0 atom stereocenters. The summed E-state index contributed by atoms with van der Waals surface area (Å²) in [6.07, 6.45) is 2.13. The molecule has 0 spiro atoms. The van der Waals surface area contributed by atoms with E-state index >= 15 is 0 Å². The molecule has 0 fully saturated rings. The molecule has 2 N–H and O–H groups in total. The number of rotatable bonds is 4. The molecule has 0 saturated heterocycles. The Morgan fingerprint density at radius 2 is 1.77 bits per heavy atom. The molecule has 35 heavy (non-hydrogen) atoms. The lowest BCUT2D eigenvalue weighted by Crippen LogP contribution is -2.22. The van der Waals surface area contributed by atoms with Crippen molar-refractivity contribution < 1.29 is 14.0 Å². The second-order valence-electron chi connectivity index (χ2n) is 8.31. The van der Waals surface area contributed by atoms with E-state index in [0.29, 0.717) is 40.6 Å². The topological polar surface area (TPSA) is 83.7 Å². The van der Waals surface area contributed by atoms with Gasteiger partial charge in [0, 0.05) is 33.6 Å². The number of hydrogen-bond acceptors (Lipinski definition) is 4. The van der Waals surface area contributed by atoms with Crippen LogP contribution >= 0.6 is 23.2 Å². The summed E-state index contributed by atoms with van der Waals surface area (Å²) in [4.78, 5) is 25.8. The first kappa shape index (κ1) is 23.1. The highest BCUT2D eigenvalue weighted by Gasteiger charge is 2.28. The molecule has 8 heteroatoms. The zero-order valence-corrected chi connectivity index (χ0v) is 20.3. The Hall–Kier alpha value is -3.61. The van der Waals surface area contributed by atoms with Crippen LogP contribution in [0, 0.1) is 6.92 Å². The number of carbonyl (C=O) groups excluding carboxylic acids is 2. The molecule has 6 nitrogen and oxygen atoms in total. The number of aryl methyl sites for hydroxylation is 1. The monoisotopic (exact) mass is 505 g/mol. The normalized spacial score (nSPS) is 14.1. The van der Waals surface area contributed by atoms with Gasteiger partial charge in [-0.15, -0.1) is 0 Å². The van der Waals surface area contributed by atoms with Crippen LogP contribution in [-0.4, -0.2) is 17.5 Å². The van der Waals surface area contributed by atoms with Gasteiger partial charge in [-0.1, -0.05) is 59.6 Å². The van der Waals surface area contributed by atoms with Gasteiger partial charge in [-0.3, -0.25) is 9.59 Å². The van der Waals surface area contributed by atoms with Crippen molar-refractivity contribution in [2.24, 2.45) is 5.10 Å². The Kier molecular flexibility index (Phi) is 6.32. The van der Waals surface area contributed by atoms with Gasteiger partial charge in [0.15, 0.2) is 5.76 Å². The Morgan fingerprint density at radius 1 is 0.971 bits per heavy atom. The highest BCUT2D eigenvalue weighted by Crippen LogP contribution is 2.31. The van der Waals surface area contributed by atoms with Crippen LogP contribution in [-0.2, 0) is 6.42 Å². The summed E-state index contributed by atoms with van der Waals surface area (Å²) in [6, 6.07) is 18.3. The number of amides is 2. The fourth-order valence-corrected chi connectivity index (χ4v) is 4.86. The number of hydrogen-bond donors (Lipinski definition) is 2. The van der Waals surface area contributed by atoms with Crippen LogP contribution < -0.4 is 10.7 Å². The average Bonchev–Trinajstić information content (AvgIpc) is 3.20. The minimum Gasteiger partial charge on any atom is -0.455 e. The van der Waals surface area contributed by atoms with E-state index in [0.717, 1.165) is 22.8 Å². The maximum absolute atomic E-state index is 13.2. The third-order valence-corrected chi connectivity index (χ3v) is 6.59. The first-order valence-corrected chi connectivity index (χ1v) is 11.9. The lowest BCUT2D eigenvalue weighted by molar-refractivity contribution is 0.0953. The zero-order chi connectivity index (χ0) is 24.5. The minimum absolute atomic E-state index is 0.240. The predicted molar refractivity (Wildman–Crippen MR) is 139 cm³/mol. The van der Waals surface area contributed by atoms with Crippen molar-refractivity contribution in [1.29, 1.82) is 0 Å². The van der Waals surface area contributed by atoms with Crippen molar-refractivity contribution in [3.05, 3.63) is 98.9 Å². The van der Waals surface area contributed by atoms with E-state index in [9.17, 15) is 9.59 Å². The van der Waals surface area contributed by atoms with Crippen molar-refractivity contribution >= 4 is 57.2 Å². The van der Waals surface area contributed by atoms with Crippen molar-refractivity contribution in [3.63, 3.8) is 0 Å². The molecule has 2 amide bonds. The minimum atomic E-state index is -0.443. The molecule has 1 aromatic heterocycles. The Labute approximate surface area is 211 Å². The van der Waals surface area contributed by atoms with Crippen LogP contribution in [0.2, 0.25) is 10.0 Å². The number of hydrazone groups is 1. The highest BCUT2D eigenvalue weighted by molar-refractivity contribution is 6.36. The maximum atomic E-state index is 13.2. The summed E-state index contributed by atoms with van der Waals surface area (Å²) in [6.45, 7) is 1.83. The van der Waals surface area contributed by atoms with Gasteiger partial charge in [-0.05, 0) is 49.4 Å². The van der Waals surface area contributed by atoms with Crippen LogP contribution in [0.3, 0.4) is 0 Å². The largest absolute Gasteiger partial charge is 0.455 e. The van der Waals surface area contributed by atoms with E-state index in [1.807, 2.05) is 49.4 Å². The number of benzene rings is 3. The van der Waals surface area contributed by atoms with Gasteiger partial charge in [0.2, 0.25) is 0 Å². The zero-order valence-electron chi connectivity index (χ0n) is 18.8. The molecule has 0 aliphatic heterocycles. The fourth-order valence-electron chi connectivity index (χ4n) is 4.36. The molecular weight excluding hydrogens is 485 g/mol. The van der Waals surface area contributed by atoms with Crippen LogP contribution in [0.5, 0.6) is 0 Å². The van der Waals surface area contributed by atoms with E-state index < -0.39 is 5.91 Å². The quantitative estimate of drug-likeness (QED) is 0.300. The third-order valence-electron chi connectivity index (χ3n) is 6.04. The summed E-state index contributed by atoms with van der Waals surface area (Å²) < 4.78 is 6.00. The van der Waals surface area contributed by atoms with Crippen molar-refractivity contribution in [3.8, 4) is 0 Å². The molecule has 1 aliphatic carbocycles. The fraction of sp³-hybridized carbons (Fsp3) is 0.148. The van der Waals surface area contributed by atoms with E-state index in [2.05, 4.69) is 15.8 Å². The van der Waals surface area contributed by atoms with Gasteiger partial charge in [0.1, 0.15) is 5.76 Å². The number of anilines is 1. The summed E-state index contributed by atoms with van der Waals surface area (Å²) in [5.41, 5.74) is 5.68. The van der Waals surface area contributed by atoms with E-state index in [4.69, 9.17) is 27.6 Å². The number of fused-ring (bicyclic) bond motifs is 2. The SMILES string of the molecule is Cc1c(C(=O)Nc2cccc3ccccc23)oc2c1/C(=N/NC(=O)c1ccc(Cl)cc1Cl)CCC2. The van der Waals surface area contributed by atoms with Gasteiger partial charge in [0.25, 0.3) is 11.8 Å². The van der Waals surface area contributed by atoms with E-state index in [-0.39, 0.29) is 22.3 Å². The predicted octanol–water partition coefficient (Wildman–Crippen LogP) is 6.77. The molecule has 4 aromatic rings. The Morgan fingerprint density at radius 3 is 2.60 bits per heavy atom. The molecular formula is C27H21Cl2N3O3. The summed E-state index contributed by atoms with van der Waals surface area (Å²) in [5, 5.41) is 10.0. The first-order valence-electron chi connectivity index (χ1n) is 11.2. The van der Waals surface area contributed by atoms with Crippen LogP contribution in [0.4, 0.5) is 5.69 Å². The number of nitrogens with one attached hydrogen (secondary N) is 2. The van der Waals surface area contributed by atoms with E-state index in [1.165, 1.54) is 6.07 Å². The average molecular weight is 506 g/mol. The number of nitrogens with zero attached hydrogens (tertiary/aromatic N) is 1. The van der Waals surface area contributed by atoms with Gasteiger partial charge in [0.05, 0.1) is 16.3 Å². The molecule has 5 rings (SSSR count). The lowest BCUT2D eigenvalue weighted by Gasteiger charge is -2.13. The van der Waals surface area contributed by atoms with Crippen LogP contribution in [0.15, 0.2) is 70.2 Å². The molecule has 0 unspecified atom stereocenters. The van der Waals surface area contributed by atoms with Crippen molar-refractivity contribution in [1.82, 2.24) is 5.43 Å². The Balaban J connectivity index is 1.41. The van der Waals surface area contributed by atoms with Gasteiger partial charge < -0.3 is 9.73 Å². The van der Waals surface area contributed by atoms with Gasteiger partial charge >= 0.3 is 0 Å². The number of furan rings is 1. The molecule has 1 heterocycles. The molecule has 176 valence electrons. The summed E-state index contributed by atoms with van der Waals surface area (Å²) >= 11 is 12.1. The van der Waals surface area contributed by atoms with E-state index in [1.54, 1.807) is 12.1 Å². The molecule has 3 aromatic carbocycles.